The Balaban J connectivity index is 1.78. The Bertz CT molecular complexity index is 960. The van der Waals surface area contributed by atoms with Crippen LogP contribution in [0.15, 0.2) is 36.7 Å². The van der Waals surface area contributed by atoms with E-state index in [0.717, 1.165) is 12.4 Å². The van der Waals surface area contributed by atoms with Crippen molar-refractivity contribution in [1.29, 1.82) is 0 Å². The van der Waals surface area contributed by atoms with Crippen LogP contribution in [0, 0.1) is 11.2 Å². The minimum Gasteiger partial charge on any atom is -0.481 e. The van der Waals surface area contributed by atoms with E-state index < -0.39 is 41.0 Å². The number of benzene rings is 1. The number of carbonyl (C=O) groups is 2. The zero-order valence-electron chi connectivity index (χ0n) is 17.6. The quantitative estimate of drug-likeness (QED) is 0.665. The number of alkyl carbamates (subject to hydrolysis) is 1. The molecule has 0 unspecified atom stereocenters. The first-order valence-corrected chi connectivity index (χ1v) is 9.95. The molecule has 8 nitrogen and oxygen atoms in total. The number of nitrogens with zero attached hydrogens (tertiary/aromatic N) is 2. The van der Waals surface area contributed by atoms with Gasteiger partial charge in [-0.25, -0.2) is 19.2 Å². The molecule has 1 aliphatic rings. The lowest BCUT2D eigenvalue weighted by molar-refractivity contribution is -0.149. The number of nitrogens with one attached hydrogen (secondary N) is 1. The van der Waals surface area contributed by atoms with Crippen molar-refractivity contribution in [1.82, 2.24) is 15.3 Å². The summed E-state index contributed by atoms with van der Waals surface area (Å²) in [5.41, 5.74) is -0.639. The van der Waals surface area contributed by atoms with Crippen LogP contribution >= 0.6 is 0 Å². The summed E-state index contributed by atoms with van der Waals surface area (Å²) in [7, 11) is 0. The maximum absolute atomic E-state index is 13.1. The predicted octanol–water partition coefficient (Wildman–Crippen LogP) is 2.94. The smallest absolute Gasteiger partial charge is 0.407 e. The van der Waals surface area contributed by atoms with Crippen LogP contribution in [0.3, 0.4) is 0 Å². The first kappa shape index (κ1) is 22.6. The highest BCUT2D eigenvalue weighted by atomic mass is 19.1. The molecule has 1 heterocycles. The summed E-state index contributed by atoms with van der Waals surface area (Å²) in [6.45, 7) is 5.16. The van der Waals surface area contributed by atoms with Crippen LogP contribution in [0.5, 0.6) is 0 Å². The molecule has 1 aromatic heterocycles. The number of halogens is 1. The lowest BCUT2D eigenvalue weighted by Crippen LogP contribution is -2.43. The topological polar surface area (TPSA) is 122 Å². The first-order valence-electron chi connectivity index (χ1n) is 9.95. The van der Waals surface area contributed by atoms with Crippen molar-refractivity contribution >= 4 is 12.1 Å². The molecular formula is C22H26FN3O5. The third-order valence-electron chi connectivity index (χ3n) is 5.18. The molecule has 1 amide bonds. The fourth-order valence-corrected chi connectivity index (χ4v) is 3.86. The van der Waals surface area contributed by atoms with E-state index in [1.165, 1.54) is 0 Å². The molecule has 1 saturated carbocycles. The molecule has 2 aromatic rings. The average molecular weight is 431 g/mol. The number of aliphatic carboxylic acids is 1. The number of amides is 1. The molecule has 166 valence electrons. The van der Waals surface area contributed by atoms with Crippen LogP contribution in [0.4, 0.5) is 9.18 Å². The number of aromatic nitrogens is 2. The lowest BCUT2D eigenvalue weighted by atomic mass is 9.79. The van der Waals surface area contributed by atoms with E-state index in [-0.39, 0.29) is 19.3 Å². The van der Waals surface area contributed by atoms with Crippen LogP contribution in [0.25, 0.3) is 11.4 Å². The number of carbonyl (C=O) groups excluding carboxylic acids is 1. The number of rotatable bonds is 5. The molecule has 1 fully saturated rings. The Morgan fingerprint density at radius 1 is 1.26 bits per heavy atom. The van der Waals surface area contributed by atoms with Gasteiger partial charge in [0.25, 0.3) is 0 Å². The van der Waals surface area contributed by atoms with Gasteiger partial charge in [-0.05, 0) is 51.7 Å². The molecule has 0 radical (unpaired) electrons. The van der Waals surface area contributed by atoms with Crippen LogP contribution in [0.2, 0.25) is 0 Å². The third kappa shape index (κ3) is 5.55. The Morgan fingerprint density at radius 3 is 2.55 bits per heavy atom. The fourth-order valence-electron chi connectivity index (χ4n) is 3.86. The van der Waals surface area contributed by atoms with Crippen molar-refractivity contribution in [3.05, 3.63) is 48.0 Å². The molecule has 1 aromatic carbocycles. The molecule has 3 atom stereocenters. The molecule has 1 aliphatic carbocycles. The van der Waals surface area contributed by atoms with E-state index in [0.29, 0.717) is 17.0 Å². The average Bonchev–Trinajstić information content (AvgIpc) is 2.97. The molecule has 0 spiro atoms. The van der Waals surface area contributed by atoms with Gasteiger partial charge in [0.15, 0.2) is 11.6 Å². The molecule has 3 rings (SSSR count). The first-order chi connectivity index (χ1) is 14.5. The van der Waals surface area contributed by atoms with E-state index in [4.69, 9.17) is 4.74 Å². The summed E-state index contributed by atoms with van der Waals surface area (Å²) in [6, 6.07) is 6.28. The highest BCUT2D eigenvalue weighted by Crippen LogP contribution is 2.42. The van der Waals surface area contributed by atoms with E-state index >= 15 is 0 Å². The largest absolute Gasteiger partial charge is 0.481 e. The molecule has 0 saturated heterocycles. The molecule has 9 heteroatoms. The van der Waals surface area contributed by atoms with Crippen molar-refractivity contribution in [2.75, 3.05) is 0 Å². The van der Waals surface area contributed by atoms with Gasteiger partial charge < -0.3 is 20.3 Å². The van der Waals surface area contributed by atoms with Gasteiger partial charge in [0.05, 0.1) is 30.0 Å². The second-order valence-electron chi connectivity index (χ2n) is 8.92. The minimum absolute atomic E-state index is 0.0138. The second-order valence-corrected chi connectivity index (χ2v) is 8.92. The normalized spacial score (nSPS) is 23.4. The Hall–Kier alpha value is -3.07. The molecule has 31 heavy (non-hydrogen) atoms. The van der Waals surface area contributed by atoms with Gasteiger partial charge in [-0.15, -0.1) is 0 Å². The van der Waals surface area contributed by atoms with E-state index in [1.54, 1.807) is 45.0 Å². The van der Waals surface area contributed by atoms with Crippen molar-refractivity contribution in [2.24, 2.45) is 5.41 Å². The number of aliphatic hydroxyl groups excluding tert-OH is 1. The monoisotopic (exact) mass is 431 g/mol. The van der Waals surface area contributed by atoms with Crippen LogP contribution in [-0.4, -0.2) is 50.0 Å². The highest BCUT2D eigenvalue weighted by molar-refractivity contribution is 5.76. The van der Waals surface area contributed by atoms with Gasteiger partial charge in [0, 0.05) is 5.56 Å². The predicted molar refractivity (Wildman–Crippen MR) is 110 cm³/mol. The van der Waals surface area contributed by atoms with Gasteiger partial charge in [-0.1, -0.05) is 18.2 Å². The summed E-state index contributed by atoms with van der Waals surface area (Å²) in [5.74, 6) is -1.28. The van der Waals surface area contributed by atoms with Gasteiger partial charge >= 0.3 is 12.1 Å². The van der Waals surface area contributed by atoms with Crippen molar-refractivity contribution in [3.63, 3.8) is 0 Å². The van der Waals surface area contributed by atoms with Crippen molar-refractivity contribution < 1.29 is 28.9 Å². The summed E-state index contributed by atoms with van der Waals surface area (Å²) in [6.07, 6.45) is 0.587. The summed E-state index contributed by atoms with van der Waals surface area (Å²) in [5, 5.41) is 23.0. The van der Waals surface area contributed by atoms with Gasteiger partial charge in [-0.3, -0.25) is 4.79 Å². The highest BCUT2D eigenvalue weighted by Gasteiger charge is 2.50. The Labute approximate surface area is 179 Å². The van der Waals surface area contributed by atoms with Crippen molar-refractivity contribution in [3.8, 4) is 11.4 Å². The van der Waals surface area contributed by atoms with E-state index in [1.807, 2.05) is 0 Å². The molecule has 0 bridgehead atoms. The summed E-state index contributed by atoms with van der Waals surface area (Å²) < 4.78 is 18.3. The molecule has 3 N–H and O–H groups in total. The fraction of sp³-hybridized carbons (Fsp3) is 0.455. The van der Waals surface area contributed by atoms with E-state index in [9.17, 15) is 24.2 Å². The minimum atomic E-state index is -1.26. The maximum Gasteiger partial charge on any atom is 0.407 e. The van der Waals surface area contributed by atoms with Crippen LogP contribution < -0.4 is 5.32 Å². The lowest BCUT2D eigenvalue weighted by Gasteiger charge is -2.25. The molecular weight excluding hydrogens is 405 g/mol. The Kier molecular flexibility index (Phi) is 6.26. The van der Waals surface area contributed by atoms with Crippen LogP contribution in [0.1, 0.15) is 39.2 Å². The summed E-state index contributed by atoms with van der Waals surface area (Å²) >= 11 is 0. The number of hydrogen-bond acceptors (Lipinski definition) is 6. The maximum atomic E-state index is 13.1. The van der Waals surface area contributed by atoms with Crippen LogP contribution in [-0.2, 0) is 16.0 Å². The zero-order chi connectivity index (χ0) is 22.8. The van der Waals surface area contributed by atoms with Crippen molar-refractivity contribution in [2.45, 2.75) is 57.8 Å². The number of carboxylic acid groups (broad SMARTS) is 1. The van der Waals surface area contributed by atoms with Gasteiger partial charge in [0.1, 0.15) is 5.60 Å². The second kappa shape index (κ2) is 8.58. The number of hydrogen-bond donors (Lipinski definition) is 3. The number of aliphatic hydroxyl groups is 1. The standard InChI is InChI=1S/C22H26FN3O5/c1-21(2,3)31-20(30)26-16-9-22(19(28)29,10-17(16)27)8-13-5-4-6-14(7-13)18-24-11-15(23)12-25-18/h4-7,11-12,16-17,27H,8-10H2,1-3H3,(H,26,30)(H,28,29)/t16-,17-,22-/m1/s1. The Morgan fingerprint density at radius 2 is 1.94 bits per heavy atom. The summed E-state index contributed by atoms with van der Waals surface area (Å²) in [4.78, 5) is 32.2. The SMILES string of the molecule is CC(C)(C)OC(=O)N[C@@H]1C[C@@](Cc2cccc(-c3ncc(F)cn3)c2)(C(=O)O)C[C@H]1O. The van der Waals surface area contributed by atoms with E-state index in [2.05, 4.69) is 15.3 Å². The molecule has 0 aliphatic heterocycles. The number of carboxylic acids is 1. The van der Waals surface area contributed by atoms with Gasteiger partial charge in [0.2, 0.25) is 0 Å². The zero-order valence-corrected chi connectivity index (χ0v) is 17.6. The number of ether oxygens (including phenoxy) is 1. The third-order valence-corrected chi connectivity index (χ3v) is 5.18. The van der Waals surface area contributed by atoms with Gasteiger partial charge in [-0.2, -0.15) is 0 Å².